The average molecular weight is 352 g/mol. The second-order valence-electron chi connectivity index (χ2n) is 4.77. The largest absolute Gasteiger partial charge is 0.457 e. The lowest BCUT2D eigenvalue weighted by Gasteiger charge is -2.16. The van der Waals surface area contributed by atoms with Crippen molar-refractivity contribution in [3.8, 4) is 11.5 Å². The molecule has 0 bridgehead atoms. The monoisotopic (exact) mass is 351 g/mol. The van der Waals surface area contributed by atoms with E-state index in [0.29, 0.717) is 22.0 Å². The quantitative estimate of drug-likeness (QED) is 0.747. The Balaban J connectivity index is 2.09. The van der Waals surface area contributed by atoms with Crippen LogP contribution < -0.4 is 10.1 Å². The summed E-state index contributed by atoms with van der Waals surface area (Å²) in [6.45, 7) is 5.19. The van der Waals surface area contributed by atoms with E-state index in [1.807, 2.05) is 24.3 Å². The molecule has 0 aromatic heterocycles. The van der Waals surface area contributed by atoms with Crippen molar-refractivity contribution in [3.63, 3.8) is 0 Å². The minimum absolute atomic E-state index is 0.331. The molecule has 0 spiro atoms. The van der Waals surface area contributed by atoms with Crippen molar-refractivity contribution in [3.05, 3.63) is 58.3 Å². The smallest absolute Gasteiger partial charge is 0.141 e. The third kappa shape index (κ3) is 4.29. The Morgan fingerprint density at radius 3 is 2.33 bits per heavy atom. The summed E-state index contributed by atoms with van der Waals surface area (Å²) in [7, 11) is 0. The summed E-state index contributed by atoms with van der Waals surface area (Å²) in [5.74, 6) is 0.858. The summed E-state index contributed by atoms with van der Waals surface area (Å²) in [6.07, 6.45) is 1.03. The van der Waals surface area contributed by atoms with Gasteiger partial charge in [-0.2, -0.15) is 0 Å². The van der Waals surface area contributed by atoms with Gasteiger partial charge in [0.25, 0.3) is 0 Å². The van der Waals surface area contributed by atoms with E-state index in [4.69, 9.17) is 4.74 Å². The Bertz CT molecular complexity index is 586. The Hall–Kier alpha value is -1.39. The summed E-state index contributed by atoms with van der Waals surface area (Å²) in [5.41, 5.74) is 1.23. The standard InChI is InChI=1S/C17H19BrFNO/c1-3-17(20-4-2)12-5-7-13(8-6-12)21-14-9-10-15(18)16(19)11-14/h5-11,17,20H,3-4H2,1-2H3. The van der Waals surface area contributed by atoms with E-state index in [0.717, 1.165) is 13.0 Å². The molecule has 4 heteroatoms. The van der Waals surface area contributed by atoms with Gasteiger partial charge in [0.1, 0.15) is 17.3 Å². The number of hydrogen-bond acceptors (Lipinski definition) is 2. The normalized spacial score (nSPS) is 12.2. The molecule has 0 aliphatic heterocycles. The van der Waals surface area contributed by atoms with Crippen LogP contribution in [0.2, 0.25) is 0 Å². The Kier molecular flexibility index (Phi) is 5.76. The molecule has 2 aromatic carbocycles. The van der Waals surface area contributed by atoms with E-state index in [9.17, 15) is 4.39 Å². The average Bonchev–Trinajstić information content (AvgIpc) is 2.49. The third-order valence-electron chi connectivity index (χ3n) is 3.27. The Labute approximate surface area is 133 Å². The summed E-state index contributed by atoms with van der Waals surface area (Å²) < 4.78 is 19.5. The van der Waals surface area contributed by atoms with Crippen LogP contribution >= 0.6 is 15.9 Å². The second-order valence-corrected chi connectivity index (χ2v) is 5.62. The van der Waals surface area contributed by atoms with Gasteiger partial charge in [0.15, 0.2) is 0 Å². The van der Waals surface area contributed by atoms with Crippen LogP contribution in [0, 0.1) is 5.82 Å². The van der Waals surface area contributed by atoms with Crippen LogP contribution in [-0.2, 0) is 0 Å². The summed E-state index contributed by atoms with van der Waals surface area (Å²) >= 11 is 3.13. The van der Waals surface area contributed by atoms with Gasteiger partial charge in [-0.15, -0.1) is 0 Å². The predicted octanol–water partition coefficient (Wildman–Crippen LogP) is 5.44. The summed E-state index contributed by atoms with van der Waals surface area (Å²) in [4.78, 5) is 0. The number of rotatable bonds is 6. The van der Waals surface area contributed by atoms with Crippen molar-refractivity contribution in [1.29, 1.82) is 0 Å². The lowest BCUT2D eigenvalue weighted by Crippen LogP contribution is -2.19. The van der Waals surface area contributed by atoms with Crippen LogP contribution in [0.1, 0.15) is 31.9 Å². The second kappa shape index (κ2) is 7.57. The molecule has 0 aliphatic rings. The van der Waals surface area contributed by atoms with Crippen molar-refractivity contribution >= 4 is 15.9 Å². The number of ether oxygens (including phenoxy) is 1. The van der Waals surface area contributed by atoms with E-state index in [2.05, 4.69) is 35.1 Å². The minimum atomic E-state index is -0.331. The van der Waals surface area contributed by atoms with Gasteiger partial charge >= 0.3 is 0 Å². The lowest BCUT2D eigenvalue weighted by molar-refractivity contribution is 0.475. The van der Waals surface area contributed by atoms with Crippen molar-refractivity contribution in [2.75, 3.05) is 6.54 Å². The van der Waals surface area contributed by atoms with Crippen molar-refractivity contribution in [1.82, 2.24) is 5.32 Å². The number of nitrogens with one attached hydrogen (secondary N) is 1. The van der Waals surface area contributed by atoms with E-state index in [1.54, 1.807) is 12.1 Å². The van der Waals surface area contributed by atoms with E-state index in [-0.39, 0.29) is 5.82 Å². The molecule has 112 valence electrons. The topological polar surface area (TPSA) is 21.3 Å². The van der Waals surface area contributed by atoms with Crippen LogP contribution in [0.3, 0.4) is 0 Å². The van der Waals surface area contributed by atoms with Gasteiger partial charge in [-0.05, 0) is 58.7 Å². The van der Waals surface area contributed by atoms with Gasteiger partial charge in [0.2, 0.25) is 0 Å². The van der Waals surface area contributed by atoms with Crippen LogP contribution in [0.25, 0.3) is 0 Å². The molecule has 1 N–H and O–H groups in total. The fraction of sp³-hybridized carbons (Fsp3) is 0.294. The maximum atomic E-state index is 13.4. The van der Waals surface area contributed by atoms with E-state index < -0.39 is 0 Å². The van der Waals surface area contributed by atoms with Crippen LogP contribution in [0.15, 0.2) is 46.9 Å². The molecule has 1 atom stereocenters. The maximum Gasteiger partial charge on any atom is 0.141 e. The minimum Gasteiger partial charge on any atom is -0.457 e. The first kappa shape index (κ1) is 16.0. The molecule has 0 saturated heterocycles. The molecule has 0 heterocycles. The molecule has 21 heavy (non-hydrogen) atoms. The molecule has 0 radical (unpaired) electrons. The number of benzene rings is 2. The van der Waals surface area contributed by atoms with Crippen molar-refractivity contribution in [2.24, 2.45) is 0 Å². The fourth-order valence-electron chi connectivity index (χ4n) is 2.19. The van der Waals surface area contributed by atoms with Gasteiger partial charge < -0.3 is 10.1 Å². The highest BCUT2D eigenvalue weighted by Crippen LogP contribution is 2.27. The summed E-state index contributed by atoms with van der Waals surface area (Å²) in [5, 5.41) is 3.44. The first-order valence-electron chi connectivity index (χ1n) is 7.10. The molecular weight excluding hydrogens is 333 g/mol. The predicted molar refractivity (Wildman–Crippen MR) is 87.3 cm³/mol. The zero-order valence-electron chi connectivity index (χ0n) is 12.2. The van der Waals surface area contributed by atoms with Gasteiger partial charge in [-0.3, -0.25) is 0 Å². The van der Waals surface area contributed by atoms with E-state index >= 15 is 0 Å². The molecule has 2 rings (SSSR count). The van der Waals surface area contributed by atoms with E-state index in [1.165, 1.54) is 11.6 Å². The molecule has 2 aromatic rings. The van der Waals surface area contributed by atoms with Gasteiger partial charge in [0.05, 0.1) is 4.47 Å². The van der Waals surface area contributed by atoms with Crippen LogP contribution in [0.4, 0.5) is 4.39 Å². The zero-order valence-corrected chi connectivity index (χ0v) is 13.8. The first-order chi connectivity index (χ1) is 10.1. The summed E-state index contributed by atoms with van der Waals surface area (Å²) in [6, 6.07) is 13.0. The highest BCUT2D eigenvalue weighted by molar-refractivity contribution is 9.10. The molecule has 0 aliphatic carbocycles. The Morgan fingerprint density at radius 2 is 1.76 bits per heavy atom. The molecule has 0 amide bonds. The number of hydrogen-bond donors (Lipinski definition) is 1. The highest BCUT2D eigenvalue weighted by atomic mass is 79.9. The van der Waals surface area contributed by atoms with Crippen molar-refractivity contribution < 1.29 is 9.13 Å². The molecule has 1 unspecified atom stereocenters. The molecule has 2 nitrogen and oxygen atoms in total. The van der Waals surface area contributed by atoms with Gasteiger partial charge in [-0.25, -0.2) is 4.39 Å². The van der Waals surface area contributed by atoms with Crippen molar-refractivity contribution in [2.45, 2.75) is 26.3 Å². The number of halogens is 2. The highest BCUT2D eigenvalue weighted by Gasteiger charge is 2.08. The lowest BCUT2D eigenvalue weighted by atomic mass is 10.0. The first-order valence-corrected chi connectivity index (χ1v) is 7.89. The Morgan fingerprint density at radius 1 is 1.10 bits per heavy atom. The van der Waals surface area contributed by atoms with Crippen LogP contribution in [-0.4, -0.2) is 6.54 Å². The molecule has 0 fully saturated rings. The molecule has 0 saturated carbocycles. The van der Waals surface area contributed by atoms with Crippen LogP contribution in [0.5, 0.6) is 11.5 Å². The zero-order chi connectivity index (χ0) is 15.2. The van der Waals surface area contributed by atoms with Gasteiger partial charge in [0, 0.05) is 12.1 Å². The van der Waals surface area contributed by atoms with Gasteiger partial charge in [-0.1, -0.05) is 26.0 Å². The third-order valence-corrected chi connectivity index (χ3v) is 3.91. The SMILES string of the molecule is CCNC(CC)c1ccc(Oc2ccc(Br)c(F)c2)cc1. The maximum absolute atomic E-state index is 13.4. The molecular formula is C17H19BrFNO. The fourth-order valence-corrected chi connectivity index (χ4v) is 2.44.